The number of rotatable bonds is 4. The van der Waals surface area contributed by atoms with Crippen molar-refractivity contribution < 1.29 is 9.13 Å². The molecule has 1 N–H and O–H groups in total. The lowest BCUT2D eigenvalue weighted by atomic mass is 9.97. The number of nitrogens with one attached hydrogen (secondary N) is 1. The molecule has 0 atom stereocenters. The van der Waals surface area contributed by atoms with E-state index < -0.39 is 0 Å². The molecule has 112 valence electrons. The molecular weight excluding hydrogens is 253 g/mol. The van der Waals surface area contributed by atoms with Crippen molar-refractivity contribution in [3.63, 3.8) is 0 Å². The first-order valence-corrected chi connectivity index (χ1v) is 7.64. The Kier molecular flexibility index (Phi) is 5.03. The van der Waals surface area contributed by atoms with Crippen LogP contribution in [-0.2, 0) is 6.54 Å². The quantitative estimate of drug-likeness (QED) is 0.880. The molecule has 0 spiro atoms. The molecule has 0 saturated heterocycles. The van der Waals surface area contributed by atoms with E-state index in [9.17, 15) is 4.39 Å². The highest BCUT2D eigenvalue weighted by atomic mass is 19.1. The molecule has 0 bridgehead atoms. The third-order valence-electron chi connectivity index (χ3n) is 3.68. The highest BCUT2D eigenvalue weighted by Crippen LogP contribution is 2.27. The van der Waals surface area contributed by atoms with Gasteiger partial charge in [0.1, 0.15) is 11.6 Å². The van der Waals surface area contributed by atoms with E-state index in [1.165, 1.54) is 25.3 Å². The van der Waals surface area contributed by atoms with Crippen molar-refractivity contribution in [2.45, 2.75) is 71.1 Å². The smallest absolute Gasteiger partial charge is 0.124 e. The molecule has 1 saturated carbocycles. The Balaban J connectivity index is 2.06. The summed E-state index contributed by atoms with van der Waals surface area (Å²) in [5.74, 6) is 0.627. The van der Waals surface area contributed by atoms with Crippen LogP contribution in [0, 0.1) is 5.82 Å². The first-order valence-electron chi connectivity index (χ1n) is 7.64. The lowest BCUT2D eigenvalue weighted by molar-refractivity contribution is 0.153. The maximum absolute atomic E-state index is 13.5. The lowest BCUT2D eigenvalue weighted by Crippen LogP contribution is -2.35. The van der Waals surface area contributed by atoms with E-state index in [2.05, 4.69) is 26.1 Å². The summed E-state index contributed by atoms with van der Waals surface area (Å²) in [5, 5.41) is 3.40. The lowest BCUT2D eigenvalue weighted by Gasteiger charge is -2.26. The minimum absolute atomic E-state index is 0.00836. The van der Waals surface area contributed by atoms with Gasteiger partial charge in [0, 0.05) is 17.6 Å². The SMILES string of the molecule is CC(C)(C)NCc1cc(F)ccc1OC1CCCCC1. The predicted octanol–water partition coefficient (Wildman–Crippen LogP) is 4.43. The van der Waals surface area contributed by atoms with Gasteiger partial charge in [0.15, 0.2) is 0 Å². The third kappa shape index (κ3) is 4.78. The van der Waals surface area contributed by atoms with Crippen molar-refractivity contribution in [3.05, 3.63) is 29.6 Å². The van der Waals surface area contributed by atoms with Gasteiger partial charge in [-0.2, -0.15) is 0 Å². The van der Waals surface area contributed by atoms with E-state index >= 15 is 0 Å². The predicted molar refractivity (Wildman–Crippen MR) is 80.5 cm³/mol. The van der Waals surface area contributed by atoms with Crippen LogP contribution in [0.3, 0.4) is 0 Å². The summed E-state index contributed by atoms with van der Waals surface area (Å²) < 4.78 is 19.6. The Morgan fingerprint density at radius 1 is 1.20 bits per heavy atom. The molecule has 0 unspecified atom stereocenters. The number of hydrogen-bond donors (Lipinski definition) is 1. The monoisotopic (exact) mass is 279 g/mol. The van der Waals surface area contributed by atoms with E-state index in [0.29, 0.717) is 12.6 Å². The molecule has 3 heteroatoms. The largest absolute Gasteiger partial charge is 0.490 e. The average Bonchev–Trinajstić information content (AvgIpc) is 2.39. The molecular formula is C17H26FNO. The van der Waals surface area contributed by atoms with Gasteiger partial charge in [-0.05, 0) is 64.7 Å². The standard InChI is InChI=1S/C17H26FNO/c1-17(2,3)19-12-13-11-14(18)9-10-16(13)20-15-7-5-4-6-8-15/h9-11,15,19H,4-8,12H2,1-3H3. The second-order valence-electron chi connectivity index (χ2n) is 6.73. The van der Waals surface area contributed by atoms with Gasteiger partial charge in [-0.15, -0.1) is 0 Å². The highest BCUT2D eigenvalue weighted by Gasteiger charge is 2.17. The molecule has 1 aromatic rings. The first kappa shape index (κ1) is 15.3. The summed E-state index contributed by atoms with van der Waals surface area (Å²) in [6.07, 6.45) is 6.31. The Labute approximate surface area is 121 Å². The number of ether oxygens (including phenoxy) is 1. The van der Waals surface area contributed by atoms with Gasteiger partial charge < -0.3 is 10.1 Å². The number of benzene rings is 1. The average molecular weight is 279 g/mol. The van der Waals surface area contributed by atoms with Crippen LogP contribution < -0.4 is 10.1 Å². The number of hydrogen-bond acceptors (Lipinski definition) is 2. The Morgan fingerprint density at radius 2 is 1.90 bits per heavy atom. The summed E-state index contributed by atoms with van der Waals surface area (Å²) in [6, 6.07) is 4.83. The van der Waals surface area contributed by atoms with Crippen molar-refractivity contribution in [1.82, 2.24) is 5.32 Å². The molecule has 2 rings (SSSR count). The zero-order valence-corrected chi connectivity index (χ0v) is 12.8. The topological polar surface area (TPSA) is 21.3 Å². The van der Waals surface area contributed by atoms with E-state index in [1.54, 1.807) is 12.1 Å². The molecule has 1 fully saturated rings. The van der Waals surface area contributed by atoms with E-state index in [4.69, 9.17) is 4.74 Å². The molecule has 0 aromatic heterocycles. The van der Waals surface area contributed by atoms with E-state index in [1.807, 2.05) is 0 Å². The van der Waals surface area contributed by atoms with E-state index in [-0.39, 0.29) is 11.4 Å². The highest BCUT2D eigenvalue weighted by molar-refractivity contribution is 5.34. The first-order chi connectivity index (χ1) is 9.44. The van der Waals surface area contributed by atoms with Crippen LogP contribution in [0.15, 0.2) is 18.2 Å². The van der Waals surface area contributed by atoms with Crippen LogP contribution in [-0.4, -0.2) is 11.6 Å². The minimum Gasteiger partial charge on any atom is -0.490 e. The van der Waals surface area contributed by atoms with Gasteiger partial charge in [-0.3, -0.25) is 0 Å². The Hall–Kier alpha value is -1.09. The molecule has 2 nitrogen and oxygen atoms in total. The third-order valence-corrected chi connectivity index (χ3v) is 3.68. The van der Waals surface area contributed by atoms with Gasteiger partial charge in [0.05, 0.1) is 6.10 Å². The Morgan fingerprint density at radius 3 is 2.55 bits per heavy atom. The minimum atomic E-state index is -0.202. The van der Waals surface area contributed by atoms with Crippen LogP contribution >= 0.6 is 0 Å². The number of halogens is 1. The normalized spacial score (nSPS) is 17.2. The fraction of sp³-hybridized carbons (Fsp3) is 0.647. The molecule has 0 radical (unpaired) electrons. The summed E-state index contributed by atoms with van der Waals surface area (Å²) in [6.45, 7) is 6.94. The van der Waals surface area contributed by atoms with Crippen LogP contribution in [0.2, 0.25) is 0 Å². The van der Waals surface area contributed by atoms with Crippen molar-refractivity contribution in [1.29, 1.82) is 0 Å². The van der Waals surface area contributed by atoms with E-state index in [0.717, 1.165) is 24.2 Å². The van der Waals surface area contributed by atoms with Gasteiger partial charge in [-0.1, -0.05) is 6.42 Å². The summed E-state index contributed by atoms with van der Waals surface area (Å²) in [4.78, 5) is 0. The van der Waals surface area contributed by atoms with Crippen molar-refractivity contribution in [3.8, 4) is 5.75 Å². The zero-order chi connectivity index (χ0) is 14.6. The molecule has 1 aliphatic rings. The molecule has 1 aliphatic carbocycles. The Bertz CT molecular complexity index is 433. The molecule has 0 aliphatic heterocycles. The maximum Gasteiger partial charge on any atom is 0.124 e. The van der Waals surface area contributed by atoms with Crippen LogP contribution in [0.1, 0.15) is 58.4 Å². The zero-order valence-electron chi connectivity index (χ0n) is 12.8. The van der Waals surface area contributed by atoms with Gasteiger partial charge in [-0.25, -0.2) is 4.39 Å². The van der Waals surface area contributed by atoms with Gasteiger partial charge >= 0.3 is 0 Å². The summed E-state index contributed by atoms with van der Waals surface area (Å²) in [5.41, 5.74) is 0.916. The molecule has 0 amide bonds. The van der Waals surface area contributed by atoms with Crippen molar-refractivity contribution >= 4 is 0 Å². The van der Waals surface area contributed by atoms with Crippen molar-refractivity contribution in [2.75, 3.05) is 0 Å². The molecule has 0 heterocycles. The van der Waals surface area contributed by atoms with Crippen molar-refractivity contribution in [2.24, 2.45) is 0 Å². The fourth-order valence-corrected chi connectivity index (χ4v) is 2.52. The van der Waals surface area contributed by atoms with Crippen LogP contribution in [0.25, 0.3) is 0 Å². The molecule has 1 aromatic carbocycles. The second-order valence-corrected chi connectivity index (χ2v) is 6.73. The second kappa shape index (κ2) is 6.57. The van der Waals surface area contributed by atoms with Crippen LogP contribution in [0.5, 0.6) is 5.75 Å². The maximum atomic E-state index is 13.5. The molecule has 20 heavy (non-hydrogen) atoms. The fourth-order valence-electron chi connectivity index (χ4n) is 2.52. The summed E-state index contributed by atoms with van der Waals surface area (Å²) in [7, 11) is 0. The van der Waals surface area contributed by atoms with Gasteiger partial charge in [0.2, 0.25) is 0 Å². The van der Waals surface area contributed by atoms with Gasteiger partial charge in [0.25, 0.3) is 0 Å². The summed E-state index contributed by atoms with van der Waals surface area (Å²) >= 11 is 0. The van der Waals surface area contributed by atoms with Crippen LogP contribution in [0.4, 0.5) is 4.39 Å².